The number of hydrogen-bond acceptors (Lipinski definition) is 9. The second-order valence-electron chi connectivity index (χ2n) is 10.3. The van der Waals surface area contributed by atoms with Crippen molar-refractivity contribution in [2.45, 2.75) is 62.7 Å². The lowest BCUT2D eigenvalue weighted by Crippen LogP contribution is -2.63. The Morgan fingerprint density at radius 3 is 2.41 bits per heavy atom. The van der Waals surface area contributed by atoms with Crippen LogP contribution in [0.15, 0.2) is 10.6 Å². The number of carboxylic acids is 1. The molecular formula is C24H37N5O7S. The summed E-state index contributed by atoms with van der Waals surface area (Å²) in [5.74, 6) is -2.72. The van der Waals surface area contributed by atoms with Crippen molar-refractivity contribution in [1.82, 2.24) is 20.0 Å². The van der Waals surface area contributed by atoms with Crippen molar-refractivity contribution in [3.63, 3.8) is 0 Å². The first-order valence-corrected chi connectivity index (χ1v) is 13.8. The molecule has 4 aliphatic heterocycles. The highest BCUT2D eigenvalue weighted by Gasteiger charge is 2.60. The van der Waals surface area contributed by atoms with Gasteiger partial charge >= 0.3 is 5.97 Å². The van der Waals surface area contributed by atoms with E-state index < -0.39 is 30.1 Å². The second kappa shape index (κ2) is 11.3. The SMILES string of the molecule is C[C@@H](O)[C@H]1C(=O)N2C(C(=O)O)=C(S[C@@H]3CN[C@H](C(=O)N4CCN(C(=O)[C@@H](O)CCCN)CC4)C3)[C@H](C)[C@H]12. The average molecular weight is 540 g/mol. The Labute approximate surface area is 220 Å². The predicted octanol–water partition coefficient (Wildman–Crippen LogP) is -1.63. The van der Waals surface area contributed by atoms with Crippen LogP contribution < -0.4 is 11.1 Å². The van der Waals surface area contributed by atoms with Gasteiger partial charge in [-0.2, -0.15) is 0 Å². The predicted molar refractivity (Wildman–Crippen MR) is 135 cm³/mol. The molecule has 0 spiro atoms. The number of rotatable bonds is 9. The Balaban J connectivity index is 1.32. The summed E-state index contributed by atoms with van der Waals surface area (Å²) in [6.45, 7) is 5.85. The fraction of sp³-hybridized carbons (Fsp3) is 0.750. The van der Waals surface area contributed by atoms with Gasteiger partial charge in [0.05, 0.1) is 24.1 Å². The largest absolute Gasteiger partial charge is 0.477 e. The van der Waals surface area contributed by atoms with Gasteiger partial charge in [-0.25, -0.2) is 4.79 Å². The van der Waals surface area contributed by atoms with Crippen molar-refractivity contribution < 1.29 is 34.5 Å². The third-order valence-corrected chi connectivity index (χ3v) is 9.37. The summed E-state index contributed by atoms with van der Waals surface area (Å²) in [6.07, 6.45) is -0.513. The Bertz CT molecular complexity index is 967. The standard InChI is InChI=1S/C24H37N5O7S/c1-12-18-17(13(2)30)23(34)29(18)19(24(35)36)20(12)37-14-10-15(26-11-14)21(32)27-6-8-28(9-7-27)22(33)16(31)4-3-5-25/h12-18,26,30-31H,3-11,25H2,1-2H3,(H,35,36)/t12-,13-,14+,15+,16+,17-,18-/m1/s1. The molecule has 0 aromatic carbocycles. The number of thioether (sulfide) groups is 1. The molecule has 0 radical (unpaired) electrons. The van der Waals surface area contributed by atoms with Gasteiger partial charge in [0.2, 0.25) is 11.8 Å². The van der Waals surface area contributed by atoms with Crippen molar-refractivity contribution in [3.8, 4) is 0 Å². The molecule has 13 heteroatoms. The number of carboxylic acid groups (broad SMARTS) is 1. The van der Waals surface area contributed by atoms with E-state index in [1.54, 1.807) is 16.7 Å². The molecule has 0 aromatic rings. The highest BCUT2D eigenvalue weighted by atomic mass is 32.2. The molecule has 7 atom stereocenters. The van der Waals surface area contributed by atoms with E-state index >= 15 is 0 Å². The lowest BCUT2D eigenvalue weighted by atomic mass is 9.79. The summed E-state index contributed by atoms with van der Waals surface area (Å²) in [5, 5.41) is 33.1. The van der Waals surface area contributed by atoms with Gasteiger partial charge in [0.1, 0.15) is 11.8 Å². The van der Waals surface area contributed by atoms with E-state index in [-0.39, 0.29) is 40.6 Å². The molecule has 0 aromatic heterocycles. The molecule has 0 unspecified atom stereocenters. The first-order chi connectivity index (χ1) is 17.6. The molecule has 3 saturated heterocycles. The van der Waals surface area contributed by atoms with Crippen LogP contribution in [-0.4, -0.2) is 123 Å². The van der Waals surface area contributed by atoms with Crippen LogP contribution >= 0.6 is 11.8 Å². The molecule has 0 bridgehead atoms. The third-order valence-electron chi connectivity index (χ3n) is 7.86. The van der Waals surface area contributed by atoms with Crippen molar-refractivity contribution in [2.75, 3.05) is 39.3 Å². The number of nitrogens with zero attached hydrogens (tertiary/aromatic N) is 3. The van der Waals surface area contributed by atoms with Gasteiger partial charge in [-0.1, -0.05) is 6.92 Å². The lowest BCUT2D eigenvalue weighted by Gasteiger charge is -2.46. The molecule has 6 N–H and O–H groups in total. The molecule has 206 valence electrons. The van der Waals surface area contributed by atoms with Gasteiger partial charge in [0.15, 0.2) is 0 Å². The van der Waals surface area contributed by atoms with Crippen LogP contribution in [0.2, 0.25) is 0 Å². The van der Waals surface area contributed by atoms with E-state index in [1.165, 1.54) is 16.7 Å². The summed E-state index contributed by atoms with van der Waals surface area (Å²) < 4.78 is 0. The Kier molecular flexibility index (Phi) is 8.48. The zero-order chi connectivity index (χ0) is 27.0. The second-order valence-corrected chi connectivity index (χ2v) is 11.6. The highest BCUT2D eigenvalue weighted by Crippen LogP contribution is 2.51. The Hall–Kier alpha value is -2.19. The zero-order valence-electron chi connectivity index (χ0n) is 21.2. The van der Waals surface area contributed by atoms with Crippen LogP contribution in [0.25, 0.3) is 0 Å². The number of carbonyl (C=O) groups is 4. The van der Waals surface area contributed by atoms with Crippen molar-refractivity contribution in [3.05, 3.63) is 10.6 Å². The Morgan fingerprint density at radius 2 is 1.81 bits per heavy atom. The lowest BCUT2D eigenvalue weighted by molar-refractivity contribution is -0.163. The zero-order valence-corrected chi connectivity index (χ0v) is 22.0. The number of piperazine rings is 1. The van der Waals surface area contributed by atoms with Gasteiger partial charge in [-0.3, -0.25) is 14.4 Å². The fourth-order valence-corrected chi connectivity index (χ4v) is 7.33. The minimum Gasteiger partial charge on any atom is -0.477 e. The molecule has 0 aliphatic carbocycles. The van der Waals surface area contributed by atoms with Gasteiger partial charge in [-0.05, 0) is 32.7 Å². The number of carbonyl (C=O) groups excluding carboxylic acids is 3. The summed E-state index contributed by atoms with van der Waals surface area (Å²) >= 11 is 1.40. The fourth-order valence-electron chi connectivity index (χ4n) is 5.85. The number of aliphatic hydroxyl groups is 2. The topological polar surface area (TPSA) is 177 Å². The maximum atomic E-state index is 13.1. The summed E-state index contributed by atoms with van der Waals surface area (Å²) in [6, 6.07) is -0.773. The van der Waals surface area contributed by atoms with Crippen LogP contribution in [0, 0.1) is 11.8 Å². The maximum Gasteiger partial charge on any atom is 0.353 e. The quantitative estimate of drug-likeness (QED) is 0.214. The molecule has 4 aliphatic rings. The van der Waals surface area contributed by atoms with Crippen molar-refractivity contribution >= 4 is 35.5 Å². The van der Waals surface area contributed by atoms with Gasteiger partial charge in [0.25, 0.3) is 5.91 Å². The van der Waals surface area contributed by atoms with Crippen LogP contribution in [0.3, 0.4) is 0 Å². The van der Waals surface area contributed by atoms with E-state index in [0.29, 0.717) is 63.4 Å². The third kappa shape index (κ3) is 5.24. The average Bonchev–Trinajstić information content (AvgIpc) is 3.43. The first kappa shape index (κ1) is 27.8. The van der Waals surface area contributed by atoms with Gasteiger partial charge in [-0.15, -0.1) is 11.8 Å². The van der Waals surface area contributed by atoms with Crippen molar-refractivity contribution in [2.24, 2.45) is 17.6 Å². The van der Waals surface area contributed by atoms with Crippen LogP contribution in [0.4, 0.5) is 0 Å². The van der Waals surface area contributed by atoms with Crippen LogP contribution in [-0.2, 0) is 19.2 Å². The van der Waals surface area contributed by atoms with E-state index in [0.717, 1.165) is 0 Å². The van der Waals surface area contributed by atoms with E-state index in [2.05, 4.69) is 5.32 Å². The van der Waals surface area contributed by atoms with Crippen LogP contribution in [0.1, 0.15) is 33.1 Å². The highest BCUT2D eigenvalue weighted by molar-refractivity contribution is 8.03. The number of fused-ring (bicyclic) bond motifs is 1. The maximum absolute atomic E-state index is 13.1. The minimum absolute atomic E-state index is 0.00591. The number of aliphatic hydroxyl groups excluding tert-OH is 2. The van der Waals surface area contributed by atoms with Crippen LogP contribution in [0.5, 0.6) is 0 Å². The minimum atomic E-state index is -1.16. The number of β-lactam (4-membered cyclic amide) rings is 1. The Morgan fingerprint density at radius 1 is 1.16 bits per heavy atom. The number of amides is 3. The molecule has 4 heterocycles. The molecule has 4 rings (SSSR count). The monoisotopic (exact) mass is 539 g/mol. The summed E-state index contributed by atoms with van der Waals surface area (Å²) in [4.78, 5) is 55.4. The molecular weight excluding hydrogens is 502 g/mol. The smallest absolute Gasteiger partial charge is 0.353 e. The van der Waals surface area contributed by atoms with E-state index in [1.807, 2.05) is 6.92 Å². The van der Waals surface area contributed by atoms with E-state index in [4.69, 9.17) is 5.73 Å². The number of nitrogens with one attached hydrogen (secondary N) is 1. The molecule has 37 heavy (non-hydrogen) atoms. The molecule has 3 fully saturated rings. The van der Waals surface area contributed by atoms with Gasteiger partial charge < -0.3 is 41.1 Å². The first-order valence-electron chi connectivity index (χ1n) is 12.9. The molecule has 0 saturated carbocycles. The molecule has 3 amide bonds. The number of nitrogens with two attached hydrogens (primary N) is 1. The van der Waals surface area contributed by atoms with Gasteiger partial charge in [0, 0.05) is 48.8 Å². The molecule has 12 nitrogen and oxygen atoms in total. The van der Waals surface area contributed by atoms with Crippen molar-refractivity contribution in [1.29, 1.82) is 0 Å². The summed E-state index contributed by atoms with van der Waals surface area (Å²) in [7, 11) is 0. The van der Waals surface area contributed by atoms with E-state index in [9.17, 15) is 34.5 Å². The number of aliphatic carboxylic acids is 1. The summed E-state index contributed by atoms with van der Waals surface area (Å²) in [5.41, 5.74) is 5.44. The number of hydrogen-bond donors (Lipinski definition) is 5. The normalized spacial score (nSPS) is 31.3.